The summed E-state index contributed by atoms with van der Waals surface area (Å²) in [6.07, 6.45) is -0.323. The van der Waals surface area contributed by atoms with Crippen molar-refractivity contribution in [1.82, 2.24) is 5.32 Å². The van der Waals surface area contributed by atoms with Crippen LogP contribution in [0.1, 0.15) is 25.0 Å². The molecule has 0 saturated carbocycles. The minimum Gasteiger partial charge on any atom is -0.396 e. The lowest BCUT2D eigenvalue weighted by Crippen LogP contribution is -2.31. The lowest BCUT2D eigenvalue weighted by molar-refractivity contribution is 0.166. The fourth-order valence-electron chi connectivity index (χ4n) is 1.45. The summed E-state index contributed by atoms with van der Waals surface area (Å²) in [5.74, 6) is -1.90. The molecule has 3 nitrogen and oxygen atoms in total. The van der Waals surface area contributed by atoms with Gasteiger partial charge in [0.1, 0.15) is 0 Å². The first kappa shape index (κ1) is 14.0. The highest BCUT2D eigenvalue weighted by Crippen LogP contribution is 2.15. The predicted molar refractivity (Wildman–Crippen MR) is 60.5 cm³/mol. The fraction of sp³-hybridized carbons (Fsp3) is 0.500. The average molecular weight is 245 g/mol. The molecule has 1 rings (SSSR count). The van der Waals surface area contributed by atoms with Crippen molar-refractivity contribution in [3.8, 4) is 0 Å². The minimum absolute atomic E-state index is 0.0555. The van der Waals surface area contributed by atoms with Gasteiger partial charge in [-0.2, -0.15) is 0 Å². The summed E-state index contributed by atoms with van der Waals surface area (Å²) >= 11 is 0. The van der Waals surface area contributed by atoms with Gasteiger partial charge in [-0.1, -0.05) is 6.07 Å². The summed E-state index contributed by atoms with van der Waals surface area (Å²) < 4.78 is 25.6. The standard InChI is InChI=1S/C12H17F2NO2/c1-8(4-5-16)15-7-12(17)9-2-3-10(13)11(14)6-9/h2-3,6,8,12,15-17H,4-5,7H2,1H3. The van der Waals surface area contributed by atoms with Crippen molar-refractivity contribution in [2.24, 2.45) is 0 Å². The maximum Gasteiger partial charge on any atom is 0.159 e. The van der Waals surface area contributed by atoms with Crippen LogP contribution in [0.3, 0.4) is 0 Å². The molecule has 0 amide bonds. The van der Waals surface area contributed by atoms with Crippen LogP contribution in [-0.4, -0.2) is 29.4 Å². The maximum atomic E-state index is 12.9. The third-order valence-electron chi connectivity index (χ3n) is 2.55. The summed E-state index contributed by atoms with van der Waals surface area (Å²) in [5, 5.41) is 21.4. The van der Waals surface area contributed by atoms with Gasteiger partial charge in [0.15, 0.2) is 11.6 Å². The Morgan fingerprint density at radius 1 is 1.29 bits per heavy atom. The molecule has 0 bridgehead atoms. The van der Waals surface area contributed by atoms with E-state index in [1.165, 1.54) is 6.07 Å². The highest BCUT2D eigenvalue weighted by Gasteiger charge is 2.11. The first-order valence-corrected chi connectivity index (χ1v) is 5.52. The van der Waals surface area contributed by atoms with Gasteiger partial charge in [0.2, 0.25) is 0 Å². The van der Waals surface area contributed by atoms with Crippen LogP contribution in [0.25, 0.3) is 0 Å². The van der Waals surface area contributed by atoms with E-state index in [1.807, 2.05) is 6.92 Å². The molecular weight excluding hydrogens is 228 g/mol. The summed E-state index contributed by atoms with van der Waals surface area (Å²) in [4.78, 5) is 0. The average Bonchev–Trinajstić information content (AvgIpc) is 2.30. The first-order valence-electron chi connectivity index (χ1n) is 5.52. The molecule has 0 heterocycles. The molecule has 0 saturated heterocycles. The van der Waals surface area contributed by atoms with Gasteiger partial charge >= 0.3 is 0 Å². The summed E-state index contributed by atoms with van der Waals surface area (Å²) in [6.45, 7) is 2.16. The second-order valence-electron chi connectivity index (χ2n) is 4.01. The van der Waals surface area contributed by atoms with E-state index in [0.29, 0.717) is 12.0 Å². The van der Waals surface area contributed by atoms with Crippen molar-refractivity contribution >= 4 is 0 Å². The van der Waals surface area contributed by atoms with Crippen molar-refractivity contribution in [2.45, 2.75) is 25.5 Å². The van der Waals surface area contributed by atoms with Crippen LogP contribution >= 0.6 is 0 Å². The predicted octanol–water partition coefficient (Wildman–Crippen LogP) is 1.36. The monoisotopic (exact) mass is 245 g/mol. The molecule has 1 aromatic rings. The van der Waals surface area contributed by atoms with Crippen LogP contribution in [0.2, 0.25) is 0 Å². The van der Waals surface area contributed by atoms with Crippen molar-refractivity contribution in [3.63, 3.8) is 0 Å². The Bertz CT molecular complexity index is 360. The molecule has 2 atom stereocenters. The zero-order valence-electron chi connectivity index (χ0n) is 9.66. The highest BCUT2D eigenvalue weighted by atomic mass is 19.2. The Balaban J connectivity index is 2.52. The highest BCUT2D eigenvalue weighted by molar-refractivity contribution is 5.20. The fourth-order valence-corrected chi connectivity index (χ4v) is 1.45. The van der Waals surface area contributed by atoms with Gasteiger partial charge in [-0.05, 0) is 31.0 Å². The van der Waals surface area contributed by atoms with Gasteiger partial charge in [-0.15, -0.1) is 0 Å². The topological polar surface area (TPSA) is 52.5 Å². The number of benzene rings is 1. The van der Waals surface area contributed by atoms with E-state index >= 15 is 0 Å². The van der Waals surface area contributed by atoms with Crippen LogP contribution in [0.15, 0.2) is 18.2 Å². The van der Waals surface area contributed by atoms with Gasteiger partial charge in [-0.3, -0.25) is 0 Å². The molecule has 0 fully saturated rings. The summed E-state index contributed by atoms with van der Waals surface area (Å²) in [7, 11) is 0. The Labute approximate surface area is 99.1 Å². The van der Waals surface area contributed by atoms with Gasteiger partial charge in [-0.25, -0.2) is 8.78 Å². The normalized spacial score (nSPS) is 14.6. The largest absolute Gasteiger partial charge is 0.396 e. The molecule has 2 unspecified atom stereocenters. The molecule has 1 aromatic carbocycles. The number of nitrogens with one attached hydrogen (secondary N) is 1. The van der Waals surface area contributed by atoms with Crippen molar-refractivity contribution in [2.75, 3.05) is 13.2 Å². The van der Waals surface area contributed by atoms with E-state index < -0.39 is 17.7 Å². The van der Waals surface area contributed by atoms with Gasteiger partial charge in [0.05, 0.1) is 6.10 Å². The molecule has 0 aliphatic rings. The SMILES string of the molecule is CC(CCO)NCC(O)c1ccc(F)c(F)c1. The van der Waals surface area contributed by atoms with Crippen LogP contribution in [0.4, 0.5) is 8.78 Å². The van der Waals surface area contributed by atoms with Crippen LogP contribution in [0.5, 0.6) is 0 Å². The number of aliphatic hydroxyl groups excluding tert-OH is 2. The Morgan fingerprint density at radius 2 is 2.00 bits per heavy atom. The summed E-state index contributed by atoms with van der Waals surface area (Å²) in [6, 6.07) is 3.38. The van der Waals surface area contributed by atoms with Crippen LogP contribution in [0, 0.1) is 11.6 Å². The number of rotatable bonds is 6. The number of aliphatic hydroxyl groups is 2. The molecule has 0 aliphatic carbocycles. The quantitative estimate of drug-likeness (QED) is 0.709. The molecule has 0 spiro atoms. The van der Waals surface area contributed by atoms with E-state index in [2.05, 4.69) is 5.32 Å². The number of halogens is 2. The van der Waals surface area contributed by atoms with E-state index in [-0.39, 0.29) is 19.2 Å². The second kappa shape index (κ2) is 6.64. The maximum absolute atomic E-state index is 12.9. The number of hydrogen-bond acceptors (Lipinski definition) is 3. The zero-order valence-corrected chi connectivity index (χ0v) is 9.66. The molecular formula is C12H17F2NO2. The zero-order chi connectivity index (χ0) is 12.8. The lowest BCUT2D eigenvalue weighted by atomic mass is 10.1. The Hall–Kier alpha value is -1.04. The van der Waals surface area contributed by atoms with Gasteiger partial charge in [0.25, 0.3) is 0 Å². The smallest absolute Gasteiger partial charge is 0.159 e. The molecule has 3 N–H and O–H groups in total. The third kappa shape index (κ3) is 4.38. The van der Waals surface area contributed by atoms with E-state index in [1.54, 1.807) is 0 Å². The molecule has 17 heavy (non-hydrogen) atoms. The van der Waals surface area contributed by atoms with E-state index in [9.17, 15) is 13.9 Å². The van der Waals surface area contributed by atoms with Crippen LogP contribution in [-0.2, 0) is 0 Å². The molecule has 96 valence electrons. The molecule has 0 aromatic heterocycles. The number of hydrogen-bond donors (Lipinski definition) is 3. The van der Waals surface area contributed by atoms with Gasteiger partial charge < -0.3 is 15.5 Å². The lowest BCUT2D eigenvalue weighted by Gasteiger charge is -2.16. The van der Waals surface area contributed by atoms with E-state index in [0.717, 1.165) is 12.1 Å². The minimum atomic E-state index is -0.968. The van der Waals surface area contributed by atoms with E-state index in [4.69, 9.17) is 5.11 Å². The second-order valence-corrected chi connectivity index (χ2v) is 4.01. The van der Waals surface area contributed by atoms with Gasteiger partial charge in [0, 0.05) is 19.2 Å². The Kier molecular flexibility index (Phi) is 5.47. The van der Waals surface area contributed by atoms with Crippen molar-refractivity contribution < 1.29 is 19.0 Å². The molecule has 0 radical (unpaired) electrons. The summed E-state index contributed by atoms with van der Waals surface area (Å²) in [5.41, 5.74) is 0.326. The van der Waals surface area contributed by atoms with Crippen LogP contribution < -0.4 is 5.32 Å². The third-order valence-corrected chi connectivity index (χ3v) is 2.55. The Morgan fingerprint density at radius 3 is 2.59 bits per heavy atom. The molecule has 0 aliphatic heterocycles. The molecule has 5 heteroatoms. The van der Waals surface area contributed by atoms with Crippen molar-refractivity contribution in [1.29, 1.82) is 0 Å². The van der Waals surface area contributed by atoms with Crippen molar-refractivity contribution in [3.05, 3.63) is 35.4 Å². The first-order chi connectivity index (χ1) is 8.04.